The van der Waals surface area contributed by atoms with Crippen LogP contribution in [0.2, 0.25) is 0 Å². The second-order valence-electron chi connectivity index (χ2n) is 7.47. The minimum atomic E-state index is -4.59. The highest BCUT2D eigenvalue weighted by Gasteiger charge is 2.31. The van der Waals surface area contributed by atoms with Crippen LogP contribution in [0.3, 0.4) is 0 Å². The van der Waals surface area contributed by atoms with Crippen molar-refractivity contribution in [3.63, 3.8) is 0 Å². The second kappa shape index (κ2) is 11.5. The first-order chi connectivity index (χ1) is 15.5. The van der Waals surface area contributed by atoms with Crippen LogP contribution in [0.5, 0.6) is 0 Å². The van der Waals surface area contributed by atoms with Crippen molar-refractivity contribution in [2.75, 3.05) is 20.2 Å². The van der Waals surface area contributed by atoms with E-state index in [-0.39, 0.29) is 12.1 Å². The molecule has 0 fully saturated rings. The number of amides is 2. The summed E-state index contributed by atoms with van der Waals surface area (Å²) < 4.78 is 43.1. The van der Waals surface area contributed by atoms with Crippen LogP contribution in [0, 0.1) is 13.8 Å². The van der Waals surface area contributed by atoms with E-state index in [0.29, 0.717) is 12.6 Å². The first kappa shape index (κ1) is 25.9. The van der Waals surface area contributed by atoms with Crippen molar-refractivity contribution in [2.24, 2.45) is 0 Å². The summed E-state index contributed by atoms with van der Waals surface area (Å²) in [5.74, 6) is -2.22. The van der Waals surface area contributed by atoms with Crippen molar-refractivity contribution in [3.8, 4) is 0 Å². The van der Waals surface area contributed by atoms with Gasteiger partial charge in [-0.05, 0) is 43.2 Å². The van der Waals surface area contributed by atoms with Gasteiger partial charge in [-0.1, -0.05) is 29.8 Å². The normalized spacial score (nSPS) is 12.1. The van der Waals surface area contributed by atoms with Crippen LogP contribution >= 0.6 is 0 Å². The lowest BCUT2D eigenvalue weighted by molar-refractivity contribution is -0.144. The predicted octanol–water partition coefficient (Wildman–Crippen LogP) is 2.50. The molecule has 2 aromatic rings. The summed E-state index contributed by atoms with van der Waals surface area (Å²) >= 11 is 0. The second-order valence-corrected chi connectivity index (χ2v) is 7.47. The van der Waals surface area contributed by atoms with Gasteiger partial charge in [0.2, 0.25) is 5.91 Å². The van der Waals surface area contributed by atoms with Crippen LogP contribution in [0.4, 0.5) is 13.2 Å². The molecule has 0 spiro atoms. The number of ether oxygens (including phenoxy) is 1. The summed E-state index contributed by atoms with van der Waals surface area (Å²) in [7, 11) is 1.18. The molecular weight excluding hydrogens is 439 g/mol. The Morgan fingerprint density at radius 3 is 2.42 bits per heavy atom. The minimum Gasteiger partial charge on any atom is -0.467 e. The van der Waals surface area contributed by atoms with Crippen molar-refractivity contribution < 1.29 is 32.3 Å². The van der Waals surface area contributed by atoms with Gasteiger partial charge in [-0.15, -0.1) is 0 Å². The van der Waals surface area contributed by atoms with E-state index in [1.165, 1.54) is 13.2 Å². The molecule has 2 aromatic carbocycles. The molecule has 1 atom stereocenters. The monoisotopic (exact) mass is 465 g/mol. The summed E-state index contributed by atoms with van der Waals surface area (Å²) in [5, 5.41) is 7.78. The number of carbonyl (C=O) groups excluding carboxylic acids is 3. The molecule has 2 amide bonds. The molecule has 0 radical (unpaired) electrons. The molecule has 3 N–H and O–H groups in total. The van der Waals surface area contributed by atoms with Crippen LogP contribution in [-0.2, 0) is 27.0 Å². The van der Waals surface area contributed by atoms with Gasteiger partial charge in [0.25, 0.3) is 5.91 Å². The number of rotatable bonds is 9. The number of benzene rings is 2. The smallest absolute Gasteiger partial charge is 0.416 e. The van der Waals surface area contributed by atoms with Crippen molar-refractivity contribution in [2.45, 2.75) is 32.6 Å². The van der Waals surface area contributed by atoms with Gasteiger partial charge in [-0.2, -0.15) is 13.2 Å². The van der Waals surface area contributed by atoms with E-state index in [2.05, 4.69) is 16.0 Å². The molecule has 2 rings (SSSR count). The average Bonchev–Trinajstić information content (AvgIpc) is 2.77. The molecule has 0 aliphatic heterocycles. The third-order valence-corrected chi connectivity index (χ3v) is 4.84. The van der Waals surface area contributed by atoms with Crippen LogP contribution in [0.1, 0.15) is 32.6 Å². The fourth-order valence-corrected chi connectivity index (χ4v) is 3.08. The standard InChI is InChI=1S/C23H26F3N3O4/c1-14-7-8-17(15(2)9-14)11-27-12-19(22(32)33-3)29-20(30)13-28-21(31)16-5-4-6-18(10-16)23(24,25)26/h4-10,19,27H,11-13H2,1-3H3,(H,28,31)(H,29,30)/t19-/m0/s1. The summed E-state index contributed by atoms with van der Waals surface area (Å²) in [4.78, 5) is 36.4. The number of alkyl halides is 3. The third-order valence-electron chi connectivity index (χ3n) is 4.84. The van der Waals surface area contributed by atoms with Crippen molar-refractivity contribution >= 4 is 17.8 Å². The Morgan fingerprint density at radius 1 is 1.06 bits per heavy atom. The van der Waals surface area contributed by atoms with Gasteiger partial charge in [0.15, 0.2) is 0 Å². The number of halogens is 3. The van der Waals surface area contributed by atoms with E-state index >= 15 is 0 Å². The zero-order valence-electron chi connectivity index (χ0n) is 18.5. The van der Waals surface area contributed by atoms with Crippen molar-refractivity contribution in [3.05, 3.63) is 70.3 Å². The third kappa shape index (κ3) is 7.90. The van der Waals surface area contributed by atoms with E-state index in [4.69, 9.17) is 4.74 Å². The molecule has 0 aromatic heterocycles. The molecule has 10 heteroatoms. The lowest BCUT2D eigenvalue weighted by Gasteiger charge is -2.18. The summed E-state index contributed by atoms with van der Waals surface area (Å²) in [6.45, 7) is 3.96. The Morgan fingerprint density at radius 2 is 1.79 bits per heavy atom. The van der Waals surface area contributed by atoms with E-state index in [9.17, 15) is 27.6 Å². The zero-order valence-corrected chi connectivity index (χ0v) is 18.5. The number of methoxy groups -OCH3 is 1. The maximum Gasteiger partial charge on any atom is 0.416 e. The highest BCUT2D eigenvalue weighted by Crippen LogP contribution is 2.29. The Balaban J connectivity index is 1.90. The predicted molar refractivity (Wildman–Crippen MR) is 115 cm³/mol. The first-order valence-electron chi connectivity index (χ1n) is 10.1. The van der Waals surface area contributed by atoms with Crippen LogP contribution in [0.25, 0.3) is 0 Å². The summed E-state index contributed by atoms with van der Waals surface area (Å²) in [5.41, 5.74) is 2.03. The molecule has 7 nitrogen and oxygen atoms in total. The van der Waals surface area contributed by atoms with Gasteiger partial charge in [-0.3, -0.25) is 9.59 Å². The fourth-order valence-electron chi connectivity index (χ4n) is 3.08. The number of esters is 1. The number of carbonyl (C=O) groups is 3. The summed E-state index contributed by atoms with van der Waals surface area (Å²) in [6.07, 6.45) is -4.59. The first-order valence-corrected chi connectivity index (χ1v) is 10.1. The molecule has 0 bridgehead atoms. The number of hydrogen-bond acceptors (Lipinski definition) is 5. The maximum absolute atomic E-state index is 12.8. The summed E-state index contributed by atoms with van der Waals surface area (Å²) in [6, 6.07) is 8.80. The van der Waals surface area contributed by atoms with Crippen molar-refractivity contribution in [1.29, 1.82) is 0 Å². The highest BCUT2D eigenvalue weighted by molar-refractivity contribution is 5.97. The van der Waals surface area contributed by atoms with Crippen LogP contribution in [-0.4, -0.2) is 44.0 Å². The van der Waals surface area contributed by atoms with Gasteiger partial charge >= 0.3 is 12.1 Å². The molecule has 0 saturated heterocycles. The number of nitrogens with one attached hydrogen (secondary N) is 3. The molecule has 178 valence electrons. The van der Waals surface area contributed by atoms with Crippen LogP contribution in [0.15, 0.2) is 42.5 Å². The highest BCUT2D eigenvalue weighted by atomic mass is 19.4. The lowest BCUT2D eigenvalue weighted by Crippen LogP contribution is -2.50. The molecule has 0 aliphatic rings. The van der Waals surface area contributed by atoms with Crippen LogP contribution < -0.4 is 16.0 Å². The van der Waals surface area contributed by atoms with E-state index in [1.54, 1.807) is 0 Å². The largest absolute Gasteiger partial charge is 0.467 e. The molecule has 0 saturated carbocycles. The minimum absolute atomic E-state index is 0.0767. The van der Waals surface area contributed by atoms with Gasteiger partial charge in [0, 0.05) is 18.7 Å². The van der Waals surface area contributed by atoms with Gasteiger partial charge in [0.1, 0.15) is 6.04 Å². The topological polar surface area (TPSA) is 96.5 Å². The molecule has 0 aliphatic carbocycles. The van der Waals surface area contributed by atoms with Gasteiger partial charge < -0.3 is 20.7 Å². The number of aryl methyl sites for hydroxylation is 2. The number of hydrogen-bond donors (Lipinski definition) is 3. The molecule has 33 heavy (non-hydrogen) atoms. The molecule has 0 unspecified atom stereocenters. The Hall–Kier alpha value is -3.40. The molecular formula is C23H26F3N3O4. The lowest BCUT2D eigenvalue weighted by atomic mass is 10.1. The quantitative estimate of drug-likeness (QED) is 0.495. The average molecular weight is 465 g/mol. The maximum atomic E-state index is 12.8. The fraction of sp³-hybridized carbons (Fsp3) is 0.348. The van der Waals surface area contributed by atoms with Gasteiger partial charge in [0.05, 0.1) is 19.2 Å². The van der Waals surface area contributed by atoms with Crippen molar-refractivity contribution in [1.82, 2.24) is 16.0 Å². The SMILES string of the molecule is COC(=O)[C@H](CNCc1ccc(C)cc1C)NC(=O)CNC(=O)c1cccc(C(F)(F)F)c1. The molecule has 0 heterocycles. The van der Waals surface area contributed by atoms with E-state index in [0.717, 1.165) is 28.8 Å². The zero-order chi connectivity index (χ0) is 24.6. The van der Waals surface area contributed by atoms with E-state index in [1.807, 2.05) is 32.0 Å². The van der Waals surface area contributed by atoms with E-state index < -0.39 is 42.1 Å². The Labute approximate surface area is 189 Å². The van der Waals surface area contributed by atoms with Gasteiger partial charge in [-0.25, -0.2) is 4.79 Å². The Kier molecular flexibility index (Phi) is 8.98. The Bertz CT molecular complexity index is 1010.